The zero-order chi connectivity index (χ0) is 12.5. The third-order valence-electron chi connectivity index (χ3n) is 2.49. The fraction of sp³-hybridized carbons (Fsp3) is 0.417. The summed E-state index contributed by atoms with van der Waals surface area (Å²) >= 11 is 0. The van der Waals surface area contributed by atoms with E-state index in [1.807, 2.05) is 13.8 Å². The third-order valence-corrected chi connectivity index (χ3v) is 2.49. The molecular formula is C12H13FO4. The first-order valence-corrected chi connectivity index (χ1v) is 5.24. The Morgan fingerprint density at radius 1 is 1.29 bits per heavy atom. The molecule has 0 aliphatic carbocycles. The highest BCUT2D eigenvalue weighted by molar-refractivity contribution is 5.89. The quantitative estimate of drug-likeness (QED) is 0.756. The van der Waals surface area contributed by atoms with Crippen LogP contribution in [0.15, 0.2) is 18.2 Å². The van der Waals surface area contributed by atoms with Gasteiger partial charge in [-0.25, -0.2) is 9.74 Å². The first-order valence-electron chi connectivity index (χ1n) is 5.24. The Morgan fingerprint density at radius 2 is 1.94 bits per heavy atom. The molecule has 1 aromatic carbocycles. The van der Waals surface area contributed by atoms with Crippen LogP contribution in [0.1, 0.15) is 24.2 Å². The average molecular weight is 240 g/mol. The first-order chi connectivity index (χ1) is 8.02. The molecule has 92 valence electrons. The van der Waals surface area contributed by atoms with Crippen molar-refractivity contribution in [2.45, 2.75) is 13.8 Å². The predicted molar refractivity (Wildman–Crippen MR) is 57.7 cm³/mol. The Morgan fingerprint density at radius 3 is 2.59 bits per heavy atom. The van der Waals surface area contributed by atoms with Crippen molar-refractivity contribution in [2.75, 3.05) is 13.2 Å². The summed E-state index contributed by atoms with van der Waals surface area (Å²) in [5, 5.41) is 0. The van der Waals surface area contributed by atoms with Crippen molar-refractivity contribution in [1.29, 1.82) is 0 Å². The second-order valence-corrected chi connectivity index (χ2v) is 4.77. The fourth-order valence-corrected chi connectivity index (χ4v) is 1.50. The van der Waals surface area contributed by atoms with Gasteiger partial charge >= 0.3 is 5.97 Å². The predicted octanol–water partition coefficient (Wildman–Crippen LogP) is 2.53. The number of rotatable bonds is 1. The van der Waals surface area contributed by atoms with Gasteiger partial charge in [-0.15, -0.1) is 0 Å². The van der Waals surface area contributed by atoms with Crippen molar-refractivity contribution >= 4 is 5.97 Å². The number of ether oxygens (including phenoxy) is 2. The summed E-state index contributed by atoms with van der Waals surface area (Å²) in [4.78, 5) is 14.2. The molecule has 17 heavy (non-hydrogen) atoms. The zero-order valence-electron chi connectivity index (χ0n) is 9.66. The van der Waals surface area contributed by atoms with E-state index in [4.69, 9.17) is 9.47 Å². The van der Waals surface area contributed by atoms with Crippen molar-refractivity contribution in [1.82, 2.24) is 0 Å². The van der Waals surface area contributed by atoms with Gasteiger partial charge in [-0.1, -0.05) is 13.8 Å². The lowest BCUT2D eigenvalue weighted by molar-refractivity contribution is -0.0788. The number of carbonyl (C=O) groups is 1. The van der Waals surface area contributed by atoms with E-state index >= 15 is 0 Å². The van der Waals surface area contributed by atoms with Gasteiger partial charge in [0.2, 0.25) is 0 Å². The van der Waals surface area contributed by atoms with Crippen molar-refractivity contribution in [3.05, 3.63) is 23.8 Å². The minimum atomic E-state index is -1.04. The van der Waals surface area contributed by atoms with Gasteiger partial charge in [0.05, 0.1) is 18.8 Å². The number of hydrogen-bond donors (Lipinski definition) is 0. The second-order valence-electron chi connectivity index (χ2n) is 4.77. The van der Waals surface area contributed by atoms with Gasteiger partial charge in [0.15, 0.2) is 11.5 Å². The molecule has 4 nitrogen and oxygen atoms in total. The minimum absolute atomic E-state index is 0.0922. The molecule has 0 unspecified atom stereocenters. The monoisotopic (exact) mass is 240 g/mol. The molecule has 2 rings (SSSR count). The van der Waals surface area contributed by atoms with Gasteiger partial charge in [-0.3, -0.25) is 0 Å². The van der Waals surface area contributed by atoms with E-state index in [0.717, 1.165) is 0 Å². The lowest BCUT2D eigenvalue weighted by Gasteiger charge is -2.19. The molecule has 0 bridgehead atoms. The summed E-state index contributed by atoms with van der Waals surface area (Å²) in [7, 11) is 0. The Labute approximate surface area is 98.2 Å². The van der Waals surface area contributed by atoms with Crippen LogP contribution in [0.5, 0.6) is 11.5 Å². The maximum absolute atomic E-state index is 11.8. The lowest BCUT2D eigenvalue weighted by atomic mass is 9.97. The molecule has 1 aliphatic rings. The maximum Gasteiger partial charge on any atom is 0.379 e. The van der Waals surface area contributed by atoms with Crippen molar-refractivity contribution in [3.63, 3.8) is 0 Å². The Hall–Kier alpha value is -1.78. The van der Waals surface area contributed by atoms with E-state index in [-0.39, 0.29) is 11.0 Å². The first kappa shape index (κ1) is 11.7. The normalized spacial score (nSPS) is 17.1. The van der Waals surface area contributed by atoms with Gasteiger partial charge in [-0.2, -0.15) is 0 Å². The molecule has 0 saturated heterocycles. The van der Waals surface area contributed by atoms with Crippen LogP contribution in [0.4, 0.5) is 4.53 Å². The van der Waals surface area contributed by atoms with E-state index in [2.05, 4.69) is 4.94 Å². The van der Waals surface area contributed by atoms with Gasteiger partial charge in [0, 0.05) is 9.94 Å². The zero-order valence-corrected chi connectivity index (χ0v) is 9.66. The Kier molecular flexibility index (Phi) is 2.92. The SMILES string of the molecule is CC1(C)COc2ccc(C(=O)OF)cc2OC1. The molecule has 0 aromatic heterocycles. The molecule has 0 amide bonds. The fourth-order valence-electron chi connectivity index (χ4n) is 1.50. The molecule has 1 aromatic rings. The summed E-state index contributed by atoms with van der Waals surface area (Å²) in [6, 6.07) is 4.42. The Bertz CT molecular complexity index is 442. The summed E-state index contributed by atoms with van der Waals surface area (Å²) < 4.78 is 22.9. The van der Waals surface area contributed by atoms with Crippen LogP contribution in [0.3, 0.4) is 0 Å². The number of carbonyl (C=O) groups excluding carboxylic acids is 1. The van der Waals surface area contributed by atoms with Gasteiger partial charge < -0.3 is 9.47 Å². The van der Waals surface area contributed by atoms with E-state index in [9.17, 15) is 9.32 Å². The third kappa shape index (κ3) is 2.49. The van der Waals surface area contributed by atoms with Crippen molar-refractivity contribution in [3.8, 4) is 11.5 Å². The smallest absolute Gasteiger partial charge is 0.379 e. The molecular weight excluding hydrogens is 227 g/mol. The highest BCUT2D eigenvalue weighted by atomic mass is 19.3. The topological polar surface area (TPSA) is 44.8 Å². The van der Waals surface area contributed by atoms with Crippen LogP contribution < -0.4 is 9.47 Å². The second kappa shape index (κ2) is 4.24. The largest absolute Gasteiger partial charge is 0.489 e. The van der Waals surface area contributed by atoms with E-state index < -0.39 is 5.97 Å². The van der Waals surface area contributed by atoms with Crippen LogP contribution >= 0.6 is 0 Å². The van der Waals surface area contributed by atoms with E-state index in [0.29, 0.717) is 24.7 Å². The van der Waals surface area contributed by atoms with Gasteiger partial charge in [0.25, 0.3) is 0 Å². The number of fused-ring (bicyclic) bond motifs is 1. The van der Waals surface area contributed by atoms with Crippen LogP contribution in [-0.4, -0.2) is 19.2 Å². The molecule has 1 heterocycles. The number of hydrogen-bond acceptors (Lipinski definition) is 4. The summed E-state index contributed by atoms with van der Waals surface area (Å²) in [5.41, 5.74) is -0.0191. The summed E-state index contributed by atoms with van der Waals surface area (Å²) in [6.45, 7) is 5.01. The van der Waals surface area contributed by atoms with Crippen LogP contribution in [0.25, 0.3) is 0 Å². The summed E-state index contributed by atoms with van der Waals surface area (Å²) in [6.07, 6.45) is 0. The molecule has 0 radical (unpaired) electrons. The molecule has 0 atom stereocenters. The van der Waals surface area contributed by atoms with Gasteiger partial charge in [0.1, 0.15) is 0 Å². The molecule has 0 spiro atoms. The molecule has 0 saturated carbocycles. The van der Waals surface area contributed by atoms with E-state index in [1.54, 1.807) is 6.07 Å². The van der Waals surface area contributed by atoms with Crippen LogP contribution in [0, 0.1) is 5.41 Å². The molecule has 0 fully saturated rings. The average Bonchev–Trinajstić information content (AvgIpc) is 2.47. The highest BCUT2D eigenvalue weighted by Gasteiger charge is 2.25. The minimum Gasteiger partial charge on any atom is -0.489 e. The van der Waals surface area contributed by atoms with Crippen molar-refractivity contribution < 1.29 is 23.7 Å². The van der Waals surface area contributed by atoms with Crippen molar-refractivity contribution in [2.24, 2.45) is 5.41 Å². The number of halogens is 1. The van der Waals surface area contributed by atoms with E-state index in [1.165, 1.54) is 12.1 Å². The van der Waals surface area contributed by atoms with Crippen LogP contribution in [-0.2, 0) is 4.94 Å². The molecule has 1 aliphatic heterocycles. The summed E-state index contributed by atoms with van der Waals surface area (Å²) in [5.74, 6) is -0.0654. The molecule has 5 heteroatoms. The van der Waals surface area contributed by atoms with Crippen LogP contribution in [0.2, 0.25) is 0 Å². The highest BCUT2D eigenvalue weighted by Crippen LogP contribution is 2.34. The lowest BCUT2D eigenvalue weighted by Crippen LogP contribution is -2.26. The number of benzene rings is 1. The maximum atomic E-state index is 11.8. The van der Waals surface area contributed by atoms with Gasteiger partial charge in [-0.05, 0) is 18.2 Å². The standard InChI is InChI=1S/C12H13FO4/c1-12(2)6-15-9-4-3-8(11(14)17-13)5-10(9)16-7-12/h3-5H,6-7H2,1-2H3. The molecule has 0 N–H and O–H groups in total. The Balaban J connectivity index is 2.29.